The van der Waals surface area contributed by atoms with Gasteiger partial charge < -0.3 is 35.2 Å². The lowest BCUT2D eigenvalue weighted by Gasteiger charge is -2.37. The number of alkyl carbamates (subject to hydrolysis) is 1. The molecule has 2 heterocycles. The second-order valence-corrected chi connectivity index (χ2v) is 7.80. The number of likely N-dealkylation sites (tertiary alicyclic amines) is 1. The number of nitrogens with one attached hydrogen (secondary N) is 2. The molecule has 0 spiro atoms. The first-order valence-corrected chi connectivity index (χ1v) is 10.4. The van der Waals surface area contributed by atoms with E-state index in [4.69, 9.17) is 9.47 Å². The molecule has 1 aromatic rings. The van der Waals surface area contributed by atoms with Crippen molar-refractivity contribution in [3.8, 4) is 0 Å². The van der Waals surface area contributed by atoms with Gasteiger partial charge in [-0.2, -0.15) is 0 Å². The highest BCUT2D eigenvalue weighted by Gasteiger charge is 2.39. The molecule has 3 rings (SSSR count). The topological polar surface area (TPSA) is 137 Å². The summed E-state index contributed by atoms with van der Waals surface area (Å²) >= 11 is 0. The van der Waals surface area contributed by atoms with E-state index in [-0.39, 0.29) is 19.6 Å². The smallest absolute Gasteiger partial charge is 0.407 e. The molecule has 4 N–H and O–H groups in total. The fourth-order valence-corrected chi connectivity index (χ4v) is 3.85. The van der Waals surface area contributed by atoms with Crippen LogP contribution in [-0.2, 0) is 25.7 Å². The van der Waals surface area contributed by atoms with E-state index in [9.17, 15) is 24.6 Å². The number of hydrogen-bond acceptors (Lipinski definition) is 7. The summed E-state index contributed by atoms with van der Waals surface area (Å²) in [5, 5.41) is 25.1. The molecule has 5 unspecified atom stereocenters. The second-order valence-electron chi connectivity index (χ2n) is 7.80. The Morgan fingerprint density at radius 2 is 1.97 bits per heavy atom. The summed E-state index contributed by atoms with van der Waals surface area (Å²) in [6, 6.07) is 7.80. The van der Waals surface area contributed by atoms with Gasteiger partial charge in [-0.3, -0.25) is 9.59 Å². The molecule has 2 aliphatic heterocycles. The average Bonchev–Trinajstić information content (AvgIpc) is 3.25. The van der Waals surface area contributed by atoms with Gasteiger partial charge in [0.2, 0.25) is 11.8 Å². The molecule has 2 fully saturated rings. The van der Waals surface area contributed by atoms with Crippen LogP contribution in [0.5, 0.6) is 0 Å². The van der Waals surface area contributed by atoms with E-state index < -0.39 is 48.5 Å². The van der Waals surface area contributed by atoms with E-state index in [0.717, 1.165) is 5.56 Å². The average molecular weight is 435 g/mol. The number of ether oxygens (including phenoxy) is 2. The molecule has 0 aromatic heterocycles. The van der Waals surface area contributed by atoms with Gasteiger partial charge in [0.05, 0.1) is 12.1 Å². The molecule has 2 aliphatic rings. The number of amides is 3. The van der Waals surface area contributed by atoms with Crippen molar-refractivity contribution in [2.24, 2.45) is 0 Å². The normalized spacial score (nSPS) is 28.1. The third-order valence-corrected chi connectivity index (χ3v) is 5.52. The van der Waals surface area contributed by atoms with Gasteiger partial charge in [-0.25, -0.2) is 4.79 Å². The molecular formula is C21H29N3O7. The largest absolute Gasteiger partial charge is 0.445 e. The lowest BCUT2D eigenvalue weighted by Crippen LogP contribution is -2.58. The van der Waals surface area contributed by atoms with Crippen LogP contribution in [0.4, 0.5) is 4.79 Å². The molecule has 0 aliphatic carbocycles. The van der Waals surface area contributed by atoms with E-state index in [1.807, 2.05) is 30.3 Å². The Labute approximate surface area is 180 Å². The van der Waals surface area contributed by atoms with E-state index >= 15 is 0 Å². The van der Waals surface area contributed by atoms with Gasteiger partial charge >= 0.3 is 6.09 Å². The number of aliphatic hydroxyl groups excluding tert-OH is 2. The number of rotatable bonds is 6. The molecule has 0 saturated carbocycles. The minimum atomic E-state index is -1.07. The van der Waals surface area contributed by atoms with E-state index in [1.54, 1.807) is 6.92 Å². The molecular weight excluding hydrogens is 406 g/mol. The van der Waals surface area contributed by atoms with Gasteiger partial charge in [0, 0.05) is 13.0 Å². The molecule has 0 radical (unpaired) electrons. The van der Waals surface area contributed by atoms with Crippen molar-refractivity contribution in [1.82, 2.24) is 15.5 Å². The quantitative estimate of drug-likeness (QED) is 0.489. The molecule has 10 heteroatoms. The molecule has 1 aromatic carbocycles. The zero-order valence-corrected chi connectivity index (χ0v) is 17.4. The standard InChI is InChI=1S/C21H29N3O7/c1-13-19(27)15(10-18(26)31-13)23-20(28)16-8-5-9-24(16)17(25)11-22-21(29)30-12-14-6-3-2-4-7-14/h2-4,6-7,13,15-16,18-19,26-27H,5,8-12H2,1H3,(H,22,29)(H,23,28). The molecule has 5 atom stereocenters. The summed E-state index contributed by atoms with van der Waals surface area (Å²) in [5.74, 6) is -0.793. The highest BCUT2D eigenvalue weighted by molar-refractivity contribution is 5.90. The van der Waals surface area contributed by atoms with Crippen molar-refractivity contribution in [1.29, 1.82) is 0 Å². The third kappa shape index (κ3) is 6.16. The van der Waals surface area contributed by atoms with Crippen molar-refractivity contribution in [3.63, 3.8) is 0 Å². The van der Waals surface area contributed by atoms with Crippen LogP contribution in [0.3, 0.4) is 0 Å². The number of hydrogen-bond donors (Lipinski definition) is 4. The minimum Gasteiger partial charge on any atom is -0.445 e. The first-order chi connectivity index (χ1) is 14.8. The fraction of sp³-hybridized carbons (Fsp3) is 0.571. The third-order valence-electron chi connectivity index (χ3n) is 5.52. The predicted molar refractivity (Wildman–Crippen MR) is 108 cm³/mol. The van der Waals surface area contributed by atoms with Gasteiger partial charge in [-0.05, 0) is 25.3 Å². The Bertz CT molecular complexity index is 775. The SMILES string of the molecule is CC1OC(O)CC(NC(=O)C2CCCN2C(=O)CNC(=O)OCc2ccccc2)C1O. The van der Waals surface area contributed by atoms with E-state index in [1.165, 1.54) is 4.90 Å². The van der Waals surface area contributed by atoms with Crippen LogP contribution in [-0.4, -0.2) is 76.7 Å². The highest BCUT2D eigenvalue weighted by atomic mass is 16.6. The van der Waals surface area contributed by atoms with Gasteiger partial charge in [0.15, 0.2) is 6.29 Å². The van der Waals surface area contributed by atoms with Crippen LogP contribution < -0.4 is 10.6 Å². The van der Waals surface area contributed by atoms with Gasteiger partial charge in [0.25, 0.3) is 0 Å². The zero-order valence-electron chi connectivity index (χ0n) is 17.4. The Hall–Kier alpha value is -2.69. The monoisotopic (exact) mass is 435 g/mol. The molecule has 31 heavy (non-hydrogen) atoms. The molecule has 3 amide bonds. The van der Waals surface area contributed by atoms with Gasteiger partial charge in [-0.15, -0.1) is 0 Å². The molecule has 0 bridgehead atoms. The number of benzene rings is 1. The minimum absolute atomic E-state index is 0.0622. The summed E-state index contributed by atoms with van der Waals surface area (Å²) in [5.41, 5.74) is 0.829. The van der Waals surface area contributed by atoms with Crippen LogP contribution in [0.2, 0.25) is 0 Å². The van der Waals surface area contributed by atoms with Crippen LogP contribution in [0.1, 0.15) is 31.7 Å². The Morgan fingerprint density at radius 3 is 2.71 bits per heavy atom. The van der Waals surface area contributed by atoms with E-state index in [2.05, 4.69) is 10.6 Å². The summed E-state index contributed by atoms with van der Waals surface area (Å²) in [7, 11) is 0. The van der Waals surface area contributed by atoms with Crippen molar-refractivity contribution >= 4 is 17.9 Å². The van der Waals surface area contributed by atoms with Crippen molar-refractivity contribution < 1.29 is 34.1 Å². The van der Waals surface area contributed by atoms with Crippen LogP contribution >= 0.6 is 0 Å². The predicted octanol–water partition coefficient (Wildman–Crippen LogP) is -0.123. The number of aliphatic hydroxyl groups is 2. The fourth-order valence-electron chi connectivity index (χ4n) is 3.85. The summed E-state index contributed by atoms with van der Waals surface area (Å²) < 4.78 is 10.2. The van der Waals surface area contributed by atoms with Crippen molar-refractivity contribution in [2.45, 2.75) is 63.4 Å². The lowest BCUT2D eigenvalue weighted by atomic mass is 9.99. The van der Waals surface area contributed by atoms with Crippen LogP contribution in [0.25, 0.3) is 0 Å². The maximum Gasteiger partial charge on any atom is 0.407 e. The summed E-state index contributed by atoms with van der Waals surface area (Å²) in [6.07, 6.45) is -2.18. The first-order valence-electron chi connectivity index (χ1n) is 10.4. The van der Waals surface area contributed by atoms with Gasteiger partial charge in [-0.1, -0.05) is 30.3 Å². The zero-order chi connectivity index (χ0) is 22.4. The molecule has 10 nitrogen and oxygen atoms in total. The number of carbonyl (C=O) groups excluding carboxylic acids is 3. The van der Waals surface area contributed by atoms with Crippen molar-refractivity contribution in [2.75, 3.05) is 13.1 Å². The lowest BCUT2D eigenvalue weighted by molar-refractivity contribution is -0.203. The molecule has 2 saturated heterocycles. The Morgan fingerprint density at radius 1 is 1.23 bits per heavy atom. The van der Waals surface area contributed by atoms with Crippen LogP contribution in [0.15, 0.2) is 30.3 Å². The highest BCUT2D eigenvalue weighted by Crippen LogP contribution is 2.21. The Kier molecular flexibility index (Phi) is 7.83. The second kappa shape index (κ2) is 10.6. The number of nitrogens with zero attached hydrogens (tertiary/aromatic N) is 1. The summed E-state index contributed by atoms with van der Waals surface area (Å²) in [6.45, 7) is 1.81. The van der Waals surface area contributed by atoms with E-state index in [0.29, 0.717) is 19.4 Å². The maximum atomic E-state index is 12.7. The Balaban J connectivity index is 1.47. The maximum absolute atomic E-state index is 12.7. The summed E-state index contributed by atoms with van der Waals surface area (Å²) in [4.78, 5) is 38.6. The first kappa shape index (κ1) is 23.0. The van der Waals surface area contributed by atoms with Gasteiger partial charge in [0.1, 0.15) is 25.3 Å². The van der Waals surface area contributed by atoms with Crippen LogP contribution in [0, 0.1) is 0 Å². The van der Waals surface area contributed by atoms with Crippen molar-refractivity contribution in [3.05, 3.63) is 35.9 Å². The molecule has 170 valence electrons. The number of carbonyl (C=O) groups is 3.